The van der Waals surface area contributed by atoms with Gasteiger partial charge < -0.3 is 15.0 Å². The quantitative estimate of drug-likeness (QED) is 0.563. The summed E-state index contributed by atoms with van der Waals surface area (Å²) < 4.78 is 5.62. The molecule has 4 nitrogen and oxygen atoms in total. The van der Waals surface area contributed by atoms with Crippen molar-refractivity contribution in [1.82, 2.24) is 5.32 Å². The van der Waals surface area contributed by atoms with Crippen molar-refractivity contribution in [2.24, 2.45) is 0 Å². The normalized spacial score (nSPS) is 13.0. The van der Waals surface area contributed by atoms with Gasteiger partial charge in [0.25, 0.3) is 5.91 Å². The SMILES string of the molecule is O=C(NCCOCc1ccccc1)c1ccc(CN2CCCc3ccccc32)cc1. The smallest absolute Gasteiger partial charge is 0.251 e. The van der Waals surface area contributed by atoms with Crippen LogP contribution >= 0.6 is 0 Å². The second-order valence-corrected chi connectivity index (χ2v) is 7.64. The van der Waals surface area contributed by atoms with E-state index in [9.17, 15) is 4.79 Å². The van der Waals surface area contributed by atoms with E-state index in [2.05, 4.69) is 46.6 Å². The van der Waals surface area contributed by atoms with E-state index >= 15 is 0 Å². The van der Waals surface area contributed by atoms with E-state index in [-0.39, 0.29) is 5.91 Å². The Morgan fingerprint density at radius 1 is 0.900 bits per heavy atom. The average molecular weight is 401 g/mol. The van der Waals surface area contributed by atoms with Gasteiger partial charge >= 0.3 is 0 Å². The summed E-state index contributed by atoms with van der Waals surface area (Å²) in [5.74, 6) is -0.0619. The summed E-state index contributed by atoms with van der Waals surface area (Å²) in [7, 11) is 0. The number of nitrogens with zero attached hydrogens (tertiary/aromatic N) is 1. The topological polar surface area (TPSA) is 41.6 Å². The van der Waals surface area contributed by atoms with Gasteiger partial charge in [-0.1, -0.05) is 60.7 Å². The number of aryl methyl sites for hydroxylation is 1. The lowest BCUT2D eigenvalue weighted by atomic mass is 10.0. The minimum Gasteiger partial charge on any atom is -0.375 e. The van der Waals surface area contributed by atoms with E-state index < -0.39 is 0 Å². The number of fused-ring (bicyclic) bond motifs is 1. The first-order chi connectivity index (χ1) is 14.8. The molecule has 1 heterocycles. The number of hydrogen-bond donors (Lipinski definition) is 1. The van der Waals surface area contributed by atoms with E-state index in [0.29, 0.717) is 25.3 Å². The molecule has 0 fully saturated rings. The lowest BCUT2D eigenvalue weighted by Crippen LogP contribution is -2.29. The number of nitrogens with one attached hydrogen (secondary N) is 1. The molecule has 1 N–H and O–H groups in total. The highest BCUT2D eigenvalue weighted by molar-refractivity contribution is 5.94. The van der Waals surface area contributed by atoms with Gasteiger partial charge in [0, 0.05) is 30.9 Å². The highest BCUT2D eigenvalue weighted by Crippen LogP contribution is 2.28. The predicted molar refractivity (Wildman–Crippen MR) is 121 cm³/mol. The van der Waals surface area contributed by atoms with Crippen molar-refractivity contribution in [3.8, 4) is 0 Å². The lowest BCUT2D eigenvalue weighted by Gasteiger charge is -2.31. The minimum atomic E-state index is -0.0619. The summed E-state index contributed by atoms with van der Waals surface area (Å²) >= 11 is 0. The summed E-state index contributed by atoms with van der Waals surface area (Å²) in [5, 5.41) is 2.92. The van der Waals surface area contributed by atoms with Crippen molar-refractivity contribution in [1.29, 1.82) is 0 Å². The average Bonchev–Trinajstić information content (AvgIpc) is 2.80. The number of rotatable bonds is 8. The Balaban J connectivity index is 1.24. The van der Waals surface area contributed by atoms with E-state index in [1.165, 1.54) is 23.2 Å². The van der Waals surface area contributed by atoms with Crippen molar-refractivity contribution in [3.05, 3.63) is 101 Å². The summed E-state index contributed by atoms with van der Waals surface area (Å²) in [4.78, 5) is 14.8. The summed E-state index contributed by atoms with van der Waals surface area (Å²) in [5.41, 5.74) is 5.79. The van der Waals surface area contributed by atoms with Gasteiger partial charge in [-0.05, 0) is 47.7 Å². The fourth-order valence-electron chi connectivity index (χ4n) is 3.86. The molecular formula is C26H28N2O2. The monoisotopic (exact) mass is 400 g/mol. The van der Waals surface area contributed by atoms with Gasteiger partial charge in [-0.25, -0.2) is 0 Å². The lowest BCUT2D eigenvalue weighted by molar-refractivity contribution is 0.0901. The van der Waals surface area contributed by atoms with E-state index in [0.717, 1.165) is 25.1 Å². The number of carbonyl (C=O) groups excluding carboxylic acids is 1. The van der Waals surface area contributed by atoms with Gasteiger partial charge in [0.15, 0.2) is 0 Å². The van der Waals surface area contributed by atoms with Crippen molar-refractivity contribution in [2.45, 2.75) is 26.0 Å². The van der Waals surface area contributed by atoms with Gasteiger partial charge in [-0.15, -0.1) is 0 Å². The Morgan fingerprint density at radius 3 is 2.50 bits per heavy atom. The van der Waals surface area contributed by atoms with Crippen LogP contribution < -0.4 is 10.2 Å². The van der Waals surface area contributed by atoms with E-state index in [1.807, 2.05) is 42.5 Å². The minimum absolute atomic E-state index is 0.0619. The van der Waals surface area contributed by atoms with Gasteiger partial charge in [0.2, 0.25) is 0 Å². The number of carbonyl (C=O) groups is 1. The molecule has 1 aliphatic heterocycles. The van der Waals surface area contributed by atoms with Gasteiger partial charge in [-0.2, -0.15) is 0 Å². The second kappa shape index (κ2) is 10.1. The molecule has 1 amide bonds. The molecule has 3 aromatic rings. The van der Waals surface area contributed by atoms with Gasteiger partial charge in [0.05, 0.1) is 13.2 Å². The maximum Gasteiger partial charge on any atom is 0.251 e. The number of hydrogen-bond acceptors (Lipinski definition) is 3. The number of benzene rings is 3. The fraction of sp³-hybridized carbons (Fsp3) is 0.269. The molecule has 1 aliphatic rings. The molecule has 4 rings (SSSR count). The van der Waals surface area contributed by atoms with E-state index in [4.69, 9.17) is 4.74 Å². The Bertz CT molecular complexity index is 954. The third-order valence-corrected chi connectivity index (χ3v) is 5.44. The Labute approximate surface area is 178 Å². The molecule has 0 atom stereocenters. The van der Waals surface area contributed by atoms with Crippen molar-refractivity contribution < 1.29 is 9.53 Å². The summed E-state index contributed by atoms with van der Waals surface area (Å²) in [6, 6.07) is 26.6. The molecule has 0 bridgehead atoms. The van der Waals surface area contributed by atoms with E-state index in [1.54, 1.807) is 0 Å². The van der Waals surface area contributed by atoms with Crippen molar-refractivity contribution in [3.63, 3.8) is 0 Å². The highest BCUT2D eigenvalue weighted by Gasteiger charge is 2.16. The summed E-state index contributed by atoms with van der Waals surface area (Å²) in [6.07, 6.45) is 2.34. The Kier molecular flexibility index (Phi) is 6.78. The van der Waals surface area contributed by atoms with Crippen LogP contribution in [0.15, 0.2) is 78.9 Å². The van der Waals surface area contributed by atoms with Crippen LogP contribution in [0.5, 0.6) is 0 Å². The molecule has 0 radical (unpaired) electrons. The summed E-state index contributed by atoms with van der Waals surface area (Å²) in [6.45, 7) is 3.49. The number of anilines is 1. The molecule has 0 aromatic heterocycles. The molecule has 0 saturated carbocycles. The maximum atomic E-state index is 12.4. The van der Waals surface area contributed by atoms with Crippen molar-refractivity contribution in [2.75, 3.05) is 24.6 Å². The Morgan fingerprint density at radius 2 is 1.67 bits per heavy atom. The van der Waals surface area contributed by atoms with Crippen LogP contribution in [0.2, 0.25) is 0 Å². The molecule has 0 aliphatic carbocycles. The molecule has 0 saturated heterocycles. The molecule has 154 valence electrons. The highest BCUT2D eigenvalue weighted by atomic mass is 16.5. The number of para-hydroxylation sites is 1. The van der Waals surface area contributed by atoms with Gasteiger partial charge in [-0.3, -0.25) is 4.79 Å². The second-order valence-electron chi connectivity index (χ2n) is 7.64. The molecule has 3 aromatic carbocycles. The van der Waals surface area contributed by atoms with Crippen molar-refractivity contribution >= 4 is 11.6 Å². The standard InChI is InChI=1S/C26H28N2O2/c29-26(27-16-18-30-20-22-7-2-1-3-8-22)24-14-12-21(13-15-24)19-28-17-6-10-23-9-4-5-11-25(23)28/h1-5,7-9,11-15H,6,10,16-20H2,(H,27,29). The number of ether oxygens (including phenoxy) is 1. The van der Waals surface area contributed by atoms with Gasteiger partial charge in [0.1, 0.15) is 0 Å². The van der Waals surface area contributed by atoms with Crippen LogP contribution in [-0.2, 0) is 24.3 Å². The first-order valence-corrected chi connectivity index (χ1v) is 10.6. The maximum absolute atomic E-state index is 12.4. The van der Waals surface area contributed by atoms with Crippen LogP contribution in [0.4, 0.5) is 5.69 Å². The molecule has 0 spiro atoms. The third kappa shape index (κ3) is 5.28. The number of amides is 1. The van der Waals surface area contributed by atoms with Crippen LogP contribution in [0.1, 0.15) is 33.5 Å². The molecule has 30 heavy (non-hydrogen) atoms. The molecule has 4 heteroatoms. The van der Waals surface area contributed by atoms with Crippen LogP contribution in [0.25, 0.3) is 0 Å². The van der Waals surface area contributed by atoms with Crippen LogP contribution in [0, 0.1) is 0 Å². The Hall–Kier alpha value is -3.11. The largest absolute Gasteiger partial charge is 0.375 e. The first-order valence-electron chi connectivity index (χ1n) is 10.6. The first kappa shape index (κ1) is 20.2. The zero-order valence-corrected chi connectivity index (χ0v) is 17.2. The molecule has 0 unspecified atom stereocenters. The van der Waals surface area contributed by atoms with Crippen LogP contribution in [-0.4, -0.2) is 25.6 Å². The predicted octanol–water partition coefficient (Wildman–Crippen LogP) is 4.59. The fourth-order valence-corrected chi connectivity index (χ4v) is 3.86. The molecular weight excluding hydrogens is 372 g/mol. The van der Waals surface area contributed by atoms with Crippen LogP contribution in [0.3, 0.4) is 0 Å². The zero-order valence-electron chi connectivity index (χ0n) is 17.2. The zero-order chi connectivity index (χ0) is 20.6. The third-order valence-electron chi connectivity index (χ3n) is 5.44.